The molecule has 2 heterocycles. The summed E-state index contributed by atoms with van der Waals surface area (Å²) in [4.78, 5) is 29.8. The van der Waals surface area contributed by atoms with Gasteiger partial charge in [0.15, 0.2) is 6.04 Å². The molecule has 2 amide bonds. The Labute approximate surface area is 207 Å². The van der Waals surface area contributed by atoms with E-state index in [9.17, 15) is 27.2 Å². The first-order chi connectivity index (χ1) is 17.4. The van der Waals surface area contributed by atoms with Crippen LogP contribution in [0.2, 0.25) is 0 Å². The van der Waals surface area contributed by atoms with Crippen LogP contribution in [0.25, 0.3) is 10.9 Å². The standard InChI is InChI=1S/C25H19F4N5O3/c1-12-21(22(25(27,28)29)34(12)11-13-3-4-14(10-30)20(7-13)37-2)33-24(36)17-9-19(23(31)35)32-18-8-15(26)5-6-16(17)18/h3-9,22H,11H2,1-2H3,(H2,31,35)(H,33,36). The van der Waals surface area contributed by atoms with Crippen molar-refractivity contribution in [1.29, 1.82) is 5.26 Å². The molecule has 0 fully saturated rings. The van der Waals surface area contributed by atoms with Gasteiger partial charge < -0.3 is 20.7 Å². The number of hydrogen-bond donors (Lipinski definition) is 2. The number of aromatic nitrogens is 1. The van der Waals surface area contributed by atoms with Gasteiger partial charge in [-0.3, -0.25) is 9.59 Å². The topological polar surface area (TPSA) is 121 Å². The van der Waals surface area contributed by atoms with Crippen LogP contribution in [0, 0.1) is 17.1 Å². The van der Waals surface area contributed by atoms with Crippen molar-refractivity contribution in [3.8, 4) is 11.8 Å². The summed E-state index contributed by atoms with van der Waals surface area (Å²) in [5, 5.41) is 11.6. The molecule has 1 unspecified atom stereocenters. The quantitative estimate of drug-likeness (QED) is 0.484. The SMILES string of the molecule is COc1cc(CN2C(C)=C(NC(=O)c3cc(C(N)=O)nc4cc(F)ccc34)C2C(F)(F)F)ccc1C#N. The van der Waals surface area contributed by atoms with Crippen LogP contribution in [0.4, 0.5) is 17.6 Å². The van der Waals surface area contributed by atoms with Crippen LogP contribution in [0.15, 0.2) is 53.9 Å². The fourth-order valence-electron chi connectivity index (χ4n) is 4.17. The molecule has 0 saturated heterocycles. The first kappa shape index (κ1) is 25.4. The van der Waals surface area contributed by atoms with Crippen molar-refractivity contribution in [2.45, 2.75) is 25.7 Å². The molecule has 0 saturated carbocycles. The number of nitrogens with zero attached hydrogens (tertiary/aromatic N) is 3. The van der Waals surface area contributed by atoms with Gasteiger partial charge in [-0.2, -0.15) is 18.4 Å². The van der Waals surface area contributed by atoms with E-state index in [2.05, 4.69) is 10.3 Å². The first-order valence-corrected chi connectivity index (χ1v) is 10.8. The minimum atomic E-state index is -4.74. The van der Waals surface area contributed by atoms with Crippen molar-refractivity contribution in [3.05, 3.63) is 82.1 Å². The van der Waals surface area contributed by atoms with Crippen LogP contribution >= 0.6 is 0 Å². The van der Waals surface area contributed by atoms with E-state index in [1.807, 2.05) is 6.07 Å². The van der Waals surface area contributed by atoms with Gasteiger partial charge in [0.2, 0.25) is 0 Å². The number of amides is 2. The number of rotatable bonds is 6. The summed E-state index contributed by atoms with van der Waals surface area (Å²) in [6.07, 6.45) is -4.74. The number of hydrogen-bond acceptors (Lipinski definition) is 6. The fourth-order valence-corrected chi connectivity index (χ4v) is 4.17. The second-order valence-electron chi connectivity index (χ2n) is 8.25. The minimum absolute atomic E-state index is 0.0514. The molecule has 0 aliphatic carbocycles. The third kappa shape index (κ3) is 4.75. The number of nitrogens with two attached hydrogens (primary N) is 1. The van der Waals surface area contributed by atoms with E-state index in [-0.39, 0.29) is 51.4 Å². The third-order valence-electron chi connectivity index (χ3n) is 5.97. The molecule has 190 valence electrons. The molecule has 0 radical (unpaired) electrons. The summed E-state index contributed by atoms with van der Waals surface area (Å²) < 4.78 is 61.0. The van der Waals surface area contributed by atoms with Gasteiger partial charge in [0.25, 0.3) is 11.8 Å². The van der Waals surface area contributed by atoms with Gasteiger partial charge in [-0.05, 0) is 42.8 Å². The van der Waals surface area contributed by atoms with Gasteiger partial charge in [-0.1, -0.05) is 6.07 Å². The highest BCUT2D eigenvalue weighted by molar-refractivity contribution is 6.09. The molecule has 8 nitrogen and oxygen atoms in total. The number of halogens is 4. The molecule has 37 heavy (non-hydrogen) atoms. The second-order valence-corrected chi connectivity index (χ2v) is 8.25. The maximum atomic E-state index is 14.1. The Hall–Kier alpha value is -4.66. The van der Waals surface area contributed by atoms with Crippen LogP contribution in [-0.4, -0.2) is 41.0 Å². The zero-order valence-corrected chi connectivity index (χ0v) is 19.5. The third-order valence-corrected chi connectivity index (χ3v) is 5.97. The zero-order valence-electron chi connectivity index (χ0n) is 19.5. The lowest BCUT2D eigenvalue weighted by Gasteiger charge is -2.46. The number of ether oxygens (including phenoxy) is 1. The predicted octanol–water partition coefficient (Wildman–Crippen LogP) is 3.76. The number of allylic oxidation sites excluding steroid dienone is 1. The maximum absolute atomic E-state index is 14.1. The lowest BCUT2D eigenvalue weighted by atomic mass is 9.97. The zero-order chi connectivity index (χ0) is 27.1. The van der Waals surface area contributed by atoms with Crippen molar-refractivity contribution in [3.63, 3.8) is 0 Å². The summed E-state index contributed by atoms with van der Waals surface area (Å²) in [6, 6.07) is 8.60. The van der Waals surface area contributed by atoms with Gasteiger partial charge in [0.05, 0.1) is 29.5 Å². The number of methoxy groups -OCH3 is 1. The molecule has 3 N–H and O–H groups in total. The van der Waals surface area contributed by atoms with Gasteiger partial charge in [-0.25, -0.2) is 9.37 Å². The van der Waals surface area contributed by atoms with E-state index in [4.69, 9.17) is 15.7 Å². The van der Waals surface area contributed by atoms with Crippen LogP contribution in [0.3, 0.4) is 0 Å². The van der Waals surface area contributed by atoms with Crippen LogP contribution in [0.5, 0.6) is 5.75 Å². The second kappa shape index (κ2) is 9.42. The lowest BCUT2D eigenvalue weighted by molar-refractivity contribution is -0.181. The van der Waals surface area contributed by atoms with E-state index in [1.165, 1.54) is 38.3 Å². The summed E-state index contributed by atoms with van der Waals surface area (Å²) in [6.45, 7) is 1.26. The smallest absolute Gasteiger partial charge is 0.414 e. The van der Waals surface area contributed by atoms with Gasteiger partial charge in [0.1, 0.15) is 23.3 Å². The lowest BCUT2D eigenvalue weighted by Crippen LogP contribution is -2.57. The van der Waals surface area contributed by atoms with E-state index >= 15 is 0 Å². The molecular weight excluding hydrogens is 494 g/mol. The largest absolute Gasteiger partial charge is 0.495 e. The highest BCUT2D eigenvalue weighted by Crippen LogP contribution is 2.41. The Bertz CT molecular complexity index is 1510. The highest BCUT2D eigenvalue weighted by Gasteiger charge is 2.53. The van der Waals surface area contributed by atoms with Crippen molar-refractivity contribution in [2.24, 2.45) is 5.73 Å². The molecule has 1 atom stereocenters. The summed E-state index contributed by atoms with van der Waals surface area (Å²) in [5.74, 6) is -2.38. The molecule has 1 aromatic heterocycles. The Balaban J connectivity index is 1.68. The van der Waals surface area contributed by atoms with E-state index in [0.717, 1.165) is 23.1 Å². The number of alkyl halides is 3. The van der Waals surface area contributed by atoms with E-state index in [0.29, 0.717) is 5.56 Å². The Morgan fingerprint density at radius 3 is 2.57 bits per heavy atom. The fraction of sp³-hybridized carbons (Fsp3) is 0.200. The van der Waals surface area contributed by atoms with E-state index in [1.54, 1.807) is 0 Å². The van der Waals surface area contributed by atoms with Crippen LogP contribution < -0.4 is 15.8 Å². The molecule has 0 spiro atoms. The molecule has 1 aliphatic rings. The van der Waals surface area contributed by atoms with Crippen molar-refractivity contribution in [2.75, 3.05) is 7.11 Å². The van der Waals surface area contributed by atoms with Crippen molar-refractivity contribution >= 4 is 22.7 Å². The van der Waals surface area contributed by atoms with E-state index < -0.39 is 29.8 Å². The highest BCUT2D eigenvalue weighted by atomic mass is 19.4. The average molecular weight is 513 g/mol. The normalized spacial score (nSPS) is 15.3. The number of primary amides is 1. The summed E-state index contributed by atoms with van der Waals surface area (Å²) in [7, 11) is 1.35. The molecule has 1 aliphatic heterocycles. The average Bonchev–Trinajstić information content (AvgIpc) is 2.85. The van der Waals surface area contributed by atoms with Crippen LogP contribution in [0.1, 0.15) is 38.9 Å². The molecule has 3 aromatic rings. The van der Waals surface area contributed by atoms with Gasteiger partial charge in [0, 0.05) is 23.7 Å². The number of benzene rings is 2. The summed E-state index contributed by atoms with van der Waals surface area (Å²) >= 11 is 0. The Morgan fingerprint density at radius 2 is 1.95 bits per heavy atom. The van der Waals surface area contributed by atoms with Crippen molar-refractivity contribution in [1.82, 2.24) is 15.2 Å². The maximum Gasteiger partial charge on any atom is 0.414 e. The number of nitrogens with one attached hydrogen (secondary N) is 1. The number of nitriles is 1. The summed E-state index contributed by atoms with van der Waals surface area (Å²) in [5.41, 5.74) is 5.18. The molecule has 4 rings (SSSR count). The number of carbonyl (C=O) groups is 2. The van der Waals surface area contributed by atoms with Gasteiger partial charge in [-0.15, -0.1) is 0 Å². The number of pyridine rings is 1. The molecule has 12 heteroatoms. The Morgan fingerprint density at radius 1 is 1.22 bits per heavy atom. The molecule has 2 aromatic carbocycles. The Kier molecular flexibility index (Phi) is 6.48. The molecule has 0 bridgehead atoms. The van der Waals surface area contributed by atoms with Gasteiger partial charge >= 0.3 is 6.18 Å². The van der Waals surface area contributed by atoms with Crippen molar-refractivity contribution < 1.29 is 31.9 Å². The molecular formula is C25H19F4N5O3. The first-order valence-electron chi connectivity index (χ1n) is 10.8. The number of fused-ring (bicyclic) bond motifs is 1. The number of carbonyl (C=O) groups excluding carboxylic acids is 2. The minimum Gasteiger partial charge on any atom is -0.495 e. The predicted molar refractivity (Wildman–Crippen MR) is 123 cm³/mol. The monoisotopic (exact) mass is 513 g/mol. The van der Waals surface area contributed by atoms with Crippen LogP contribution in [-0.2, 0) is 6.54 Å².